The number of anilines is 1. The van der Waals surface area contributed by atoms with Gasteiger partial charge in [-0.15, -0.1) is 12.4 Å². The summed E-state index contributed by atoms with van der Waals surface area (Å²) in [7, 11) is 0. The Morgan fingerprint density at radius 3 is 2.89 bits per heavy atom. The van der Waals surface area contributed by atoms with Crippen LogP contribution in [-0.4, -0.2) is 36.5 Å². The molecule has 19 heavy (non-hydrogen) atoms. The number of carbonyl (C=O) groups is 1. The van der Waals surface area contributed by atoms with Gasteiger partial charge in [0.1, 0.15) is 5.82 Å². The third-order valence-electron chi connectivity index (χ3n) is 2.88. The molecule has 1 heterocycles. The first-order valence-corrected chi connectivity index (χ1v) is 6.15. The number of nitrogens with zero attached hydrogens (tertiary/aromatic N) is 1. The van der Waals surface area contributed by atoms with E-state index in [1.54, 1.807) is 0 Å². The van der Waals surface area contributed by atoms with Crippen molar-refractivity contribution in [3.8, 4) is 0 Å². The molecule has 1 aromatic carbocycles. The number of halogens is 3. The second kappa shape index (κ2) is 7.05. The van der Waals surface area contributed by atoms with Gasteiger partial charge in [0.2, 0.25) is 5.91 Å². The minimum atomic E-state index is -0.500. The van der Waals surface area contributed by atoms with Crippen molar-refractivity contribution < 1.29 is 9.18 Å². The Balaban J connectivity index is 0.00000180. The Labute approximate surface area is 122 Å². The van der Waals surface area contributed by atoms with E-state index in [0.717, 1.165) is 19.5 Å². The topological polar surface area (TPSA) is 58.4 Å². The van der Waals surface area contributed by atoms with Crippen LogP contribution in [0.1, 0.15) is 6.42 Å². The molecule has 1 aromatic rings. The molecule has 1 amide bonds. The quantitative estimate of drug-likeness (QED) is 0.896. The van der Waals surface area contributed by atoms with Crippen LogP contribution in [0, 0.1) is 5.82 Å². The van der Waals surface area contributed by atoms with Gasteiger partial charge in [-0.2, -0.15) is 0 Å². The van der Waals surface area contributed by atoms with Crippen molar-refractivity contribution in [2.45, 2.75) is 12.5 Å². The molecule has 0 spiro atoms. The molecule has 1 atom stereocenters. The van der Waals surface area contributed by atoms with Crippen LogP contribution in [0.5, 0.6) is 0 Å². The predicted molar refractivity (Wildman–Crippen MR) is 76.3 cm³/mol. The molecule has 0 aromatic heterocycles. The van der Waals surface area contributed by atoms with E-state index < -0.39 is 5.82 Å². The standard InChI is InChI=1S/C12H15ClFN3O.ClH/c13-10-5-9(1-2-11(10)14)16-12(18)7-17-4-3-8(15)6-17;/h1-2,5,8H,3-4,6-7,15H2,(H,16,18);1H/t8-;/m1./s1. The van der Waals surface area contributed by atoms with Crippen molar-refractivity contribution >= 4 is 35.6 Å². The summed E-state index contributed by atoms with van der Waals surface area (Å²) in [5.74, 6) is -0.646. The van der Waals surface area contributed by atoms with Crippen molar-refractivity contribution in [1.82, 2.24) is 4.90 Å². The lowest BCUT2D eigenvalue weighted by Crippen LogP contribution is -2.33. The van der Waals surface area contributed by atoms with Gasteiger partial charge in [0.25, 0.3) is 0 Å². The highest BCUT2D eigenvalue weighted by atomic mass is 35.5. The van der Waals surface area contributed by atoms with Crippen molar-refractivity contribution in [2.24, 2.45) is 5.73 Å². The van der Waals surface area contributed by atoms with E-state index in [1.807, 2.05) is 4.90 Å². The van der Waals surface area contributed by atoms with Gasteiger partial charge in [-0.3, -0.25) is 9.69 Å². The average Bonchev–Trinajstić information content (AvgIpc) is 2.69. The number of benzene rings is 1. The fourth-order valence-electron chi connectivity index (χ4n) is 1.98. The van der Waals surface area contributed by atoms with E-state index in [2.05, 4.69) is 5.32 Å². The third kappa shape index (κ3) is 4.62. The molecule has 0 radical (unpaired) electrons. The van der Waals surface area contributed by atoms with E-state index in [1.165, 1.54) is 18.2 Å². The minimum absolute atomic E-state index is 0. The van der Waals surface area contributed by atoms with Crippen molar-refractivity contribution in [1.29, 1.82) is 0 Å². The van der Waals surface area contributed by atoms with E-state index in [-0.39, 0.29) is 29.4 Å². The van der Waals surface area contributed by atoms with Gasteiger partial charge in [0.15, 0.2) is 0 Å². The first-order valence-electron chi connectivity index (χ1n) is 5.77. The number of hydrogen-bond acceptors (Lipinski definition) is 3. The second-order valence-corrected chi connectivity index (χ2v) is 4.87. The molecule has 7 heteroatoms. The predicted octanol–water partition coefficient (Wildman–Crippen LogP) is 1.87. The molecular formula is C12H16Cl2FN3O. The maximum atomic E-state index is 12.9. The Bertz CT molecular complexity index is 459. The third-order valence-corrected chi connectivity index (χ3v) is 3.17. The highest BCUT2D eigenvalue weighted by Crippen LogP contribution is 2.19. The van der Waals surface area contributed by atoms with Gasteiger partial charge >= 0.3 is 0 Å². The monoisotopic (exact) mass is 307 g/mol. The summed E-state index contributed by atoms with van der Waals surface area (Å²) in [6.45, 7) is 1.86. The number of nitrogens with two attached hydrogens (primary N) is 1. The summed E-state index contributed by atoms with van der Waals surface area (Å²) < 4.78 is 12.9. The molecule has 4 nitrogen and oxygen atoms in total. The van der Waals surface area contributed by atoms with Gasteiger partial charge in [-0.25, -0.2) is 4.39 Å². The molecule has 1 aliphatic rings. The maximum absolute atomic E-state index is 12.9. The molecule has 0 unspecified atom stereocenters. The first-order chi connectivity index (χ1) is 8.54. The van der Waals surface area contributed by atoms with Crippen LogP contribution in [0.4, 0.5) is 10.1 Å². The number of amides is 1. The largest absolute Gasteiger partial charge is 0.326 e. The molecule has 3 N–H and O–H groups in total. The maximum Gasteiger partial charge on any atom is 0.238 e. The lowest BCUT2D eigenvalue weighted by atomic mass is 10.3. The molecule has 106 valence electrons. The van der Waals surface area contributed by atoms with Crippen LogP contribution in [0.25, 0.3) is 0 Å². The van der Waals surface area contributed by atoms with E-state index in [9.17, 15) is 9.18 Å². The fraction of sp³-hybridized carbons (Fsp3) is 0.417. The lowest BCUT2D eigenvalue weighted by molar-refractivity contribution is -0.117. The summed E-state index contributed by atoms with van der Waals surface area (Å²) in [6.07, 6.45) is 0.912. The zero-order valence-corrected chi connectivity index (χ0v) is 11.8. The highest BCUT2D eigenvalue weighted by Gasteiger charge is 2.20. The molecule has 1 aliphatic heterocycles. The van der Waals surface area contributed by atoms with Gasteiger partial charge in [0, 0.05) is 24.8 Å². The molecule has 0 aliphatic carbocycles. The van der Waals surface area contributed by atoms with Gasteiger partial charge in [-0.1, -0.05) is 11.6 Å². The van der Waals surface area contributed by atoms with Gasteiger partial charge in [0.05, 0.1) is 11.6 Å². The van der Waals surface area contributed by atoms with E-state index in [4.69, 9.17) is 17.3 Å². The zero-order valence-electron chi connectivity index (χ0n) is 10.2. The van der Waals surface area contributed by atoms with Crippen LogP contribution in [-0.2, 0) is 4.79 Å². The zero-order chi connectivity index (χ0) is 13.1. The Hall–Kier alpha value is -0.880. The van der Waals surface area contributed by atoms with Crippen molar-refractivity contribution in [3.05, 3.63) is 29.0 Å². The minimum Gasteiger partial charge on any atom is -0.326 e. The van der Waals surface area contributed by atoms with Crippen LogP contribution in [0.2, 0.25) is 5.02 Å². The fourth-order valence-corrected chi connectivity index (χ4v) is 2.16. The summed E-state index contributed by atoms with van der Waals surface area (Å²) in [6, 6.07) is 4.25. The number of hydrogen-bond donors (Lipinski definition) is 2. The molecule has 1 fully saturated rings. The average molecular weight is 308 g/mol. The lowest BCUT2D eigenvalue weighted by Gasteiger charge is -2.14. The molecular weight excluding hydrogens is 292 g/mol. The second-order valence-electron chi connectivity index (χ2n) is 4.46. The van der Waals surface area contributed by atoms with Crippen molar-refractivity contribution in [2.75, 3.05) is 25.0 Å². The summed E-state index contributed by atoms with van der Waals surface area (Å²) in [5.41, 5.74) is 6.25. The molecule has 0 saturated carbocycles. The summed E-state index contributed by atoms with van der Waals surface area (Å²) in [4.78, 5) is 13.7. The molecule has 0 bridgehead atoms. The first kappa shape index (κ1) is 16.2. The van der Waals surface area contributed by atoms with Crippen LogP contribution in [0.15, 0.2) is 18.2 Å². The highest BCUT2D eigenvalue weighted by molar-refractivity contribution is 6.31. The summed E-state index contributed by atoms with van der Waals surface area (Å²) in [5, 5.41) is 2.68. The number of carbonyl (C=O) groups excluding carboxylic acids is 1. The number of rotatable bonds is 3. The number of nitrogens with one attached hydrogen (secondary N) is 1. The Morgan fingerprint density at radius 1 is 1.58 bits per heavy atom. The molecule has 2 rings (SSSR count). The van der Waals surface area contributed by atoms with Crippen molar-refractivity contribution in [3.63, 3.8) is 0 Å². The summed E-state index contributed by atoms with van der Waals surface area (Å²) >= 11 is 5.63. The Morgan fingerprint density at radius 2 is 2.32 bits per heavy atom. The van der Waals surface area contributed by atoms with Crippen LogP contribution in [0.3, 0.4) is 0 Å². The SMILES string of the molecule is Cl.N[C@@H]1CCN(CC(=O)Nc2ccc(F)c(Cl)c2)C1. The van der Waals surface area contributed by atoms with E-state index in [0.29, 0.717) is 12.2 Å². The van der Waals surface area contributed by atoms with Crippen LogP contribution < -0.4 is 11.1 Å². The van der Waals surface area contributed by atoms with Gasteiger partial charge < -0.3 is 11.1 Å². The van der Waals surface area contributed by atoms with E-state index >= 15 is 0 Å². The smallest absolute Gasteiger partial charge is 0.238 e. The molecule has 1 saturated heterocycles. The Kier molecular flexibility index (Phi) is 6.00. The van der Waals surface area contributed by atoms with Gasteiger partial charge in [-0.05, 0) is 24.6 Å². The number of likely N-dealkylation sites (tertiary alicyclic amines) is 1. The normalized spacial score (nSPS) is 19.0. The van der Waals surface area contributed by atoms with Crippen LogP contribution >= 0.6 is 24.0 Å².